The van der Waals surface area contributed by atoms with Crippen LogP contribution < -0.4 is 0 Å². The molecule has 2 N–H and O–H groups in total. The van der Waals surface area contributed by atoms with Crippen LogP contribution in [0.15, 0.2) is 0 Å². The van der Waals surface area contributed by atoms with Gasteiger partial charge in [-0.3, -0.25) is 0 Å². The molecule has 0 aromatic carbocycles. The Balaban J connectivity index is -0.0000000267. The number of hydrogen-bond acceptors (Lipinski definition) is 2. The van der Waals surface area contributed by atoms with E-state index in [9.17, 15) is 0 Å². The zero-order valence-electron chi connectivity index (χ0n) is 9.05. The van der Waals surface area contributed by atoms with Gasteiger partial charge in [-0.1, -0.05) is 39.5 Å². The zero-order chi connectivity index (χ0) is 8.24. The minimum atomic E-state index is 0. The van der Waals surface area contributed by atoms with E-state index in [4.69, 9.17) is 0 Å². The van der Waals surface area contributed by atoms with E-state index in [1.165, 1.54) is 25.7 Å². The molecule has 0 aliphatic heterocycles. The van der Waals surface area contributed by atoms with Gasteiger partial charge in [-0.2, -0.15) is 12.8 Å². The van der Waals surface area contributed by atoms with Gasteiger partial charge in [-0.25, -0.2) is 0 Å². The van der Waals surface area contributed by atoms with Gasteiger partial charge in [0.25, 0.3) is 0 Å². The summed E-state index contributed by atoms with van der Waals surface area (Å²) in [6.07, 6.45) is 7.31. The third-order valence-electron chi connectivity index (χ3n) is 1.21. The van der Waals surface area contributed by atoms with E-state index in [2.05, 4.69) is 27.7 Å². The third kappa shape index (κ3) is 66.5. The minimum Gasteiger partial charge on any atom is -0.870 e. The van der Waals surface area contributed by atoms with Gasteiger partial charge in [0.1, 0.15) is 0 Å². The summed E-state index contributed by atoms with van der Waals surface area (Å²) in [6, 6.07) is 0. The minimum absolute atomic E-state index is 0. The third-order valence-corrected chi connectivity index (χ3v) is 1.21. The molecule has 0 spiro atoms. The van der Waals surface area contributed by atoms with Crippen molar-refractivity contribution in [2.45, 2.75) is 52.4 Å². The van der Waals surface area contributed by atoms with Crippen LogP contribution in [0.3, 0.4) is 0 Å². The number of rotatable bonds is 4. The van der Waals surface area contributed by atoms with E-state index in [0.29, 0.717) is 0 Å². The summed E-state index contributed by atoms with van der Waals surface area (Å²) in [5.74, 6) is 0. The average Bonchev–Trinajstić information content (AvgIpc) is 1.93. The van der Waals surface area contributed by atoms with Crippen LogP contribution in [0.1, 0.15) is 52.4 Å². The molecule has 0 radical (unpaired) electrons. The molecule has 2 nitrogen and oxygen atoms in total. The SMILES string of the molecule is [CH2-]CCCC.[CH2-]CCCC.[OH-].[OH-].[Ti+4]. The standard InChI is InChI=1S/2C5H11.2H2O.Ti/c2*1-3-5-4-2;;;/h2*1,3-5H2,2H3;2*1H2;/q2*-1;;;+4/p-2. The second-order valence-electron chi connectivity index (χ2n) is 2.41. The van der Waals surface area contributed by atoms with Gasteiger partial charge in [-0.15, -0.1) is 0 Å². The summed E-state index contributed by atoms with van der Waals surface area (Å²) in [5, 5.41) is 0. The van der Waals surface area contributed by atoms with Crippen LogP contribution in [-0.2, 0) is 21.7 Å². The molecule has 0 aromatic rings. The molecule has 0 unspecified atom stereocenters. The fourth-order valence-electron chi connectivity index (χ4n) is 0.500. The van der Waals surface area contributed by atoms with Crippen molar-refractivity contribution in [1.29, 1.82) is 0 Å². The van der Waals surface area contributed by atoms with Gasteiger partial charge >= 0.3 is 21.7 Å². The summed E-state index contributed by atoms with van der Waals surface area (Å²) >= 11 is 0. The van der Waals surface area contributed by atoms with Gasteiger partial charge in [0, 0.05) is 0 Å². The van der Waals surface area contributed by atoms with Gasteiger partial charge in [-0.05, 0) is 0 Å². The predicted molar refractivity (Wildman–Crippen MR) is 53.6 cm³/mol. The predicted octanol–water partition coefficient (Wildman–Crippen LogP) is 3.67. The molecule has 0 heterocycles. The van der Waals surface area contributed by atoms with Crippen molar-refractivity contribution in [2.75, 3.05) is 0 Å². The molecular formula is C10H24O2Ti. The average molecular weight is 224 g/mol. The van der Waals surface area contributed by atoms with E-state index in [1.54, 1.807) is 0 Å². The summed E-state index contributed by atoms with van der Waals surface area (Å²) < 4.78 is 0. The van der Waals surface area contributed by atoms with Crippen LogP contribution in [0.4, 0.5) is 0 Å². The summed E-state index contributed by atoms with van der Waals surface area (Å²) in [5.41, 5.74) is 0. The number of unbranched alkanes of at least 4 members (excludes halogenated alkanes) is 4. The smallest absolute Gasteiger partial charge is 0.870 e. The summed E-state index contributed by atoms with van der Waals surface area (Å²) in [4.78, 5) is 0. The van der Waals surface area contributed by atoms with Crippen LogP contribution in [0.25, 0.3) is 0 Å². The van der Waals surface area contributed by atoms with Gasteiger partial charge in [0.05, 0.1) is 0 Å². The van der Waals surface area contributed by atoms with Crippen LogP contribution in [0.5, 0.6) is 0 Å². The molecule has 80 valence electrons. The summed E-state index contributed by atoms with van der Waals surface area (Å²) in [7, 11) is 0. The normalized spacial score (nSPS) is 6.46. The Morgan fingerprint density at radius 3 is 1.00 bits per heavy atom. The first-order chi connectivity index (χ1) is 4.83. The molecule has 0 aliphatic rings. The fraction of sp³-hybridized carbons (Fsp3) is 0.800. The van der Waals surface area contributed by atoms with Gasteiger partial charge in [0.2, 0.25) is 0 Å². The van der Waals surface area contributed by atoms with Crippen molar-refractivity contribution >= 4 is 0 Å². The first kappa shape index (κ1) is 29.2. The Hall–Kier alpha value is 0.634. The van der Waals surface area contributed by atoms with E-state index < -0.39 is 0 Å². The number of hydrogen-bond donors (Lipinski definition) is 0. The Morgan fingerprint density at radius 1 is 0.769 bits per heavy atom. The Morgan fingerprint density at radius 2 is 1.00 bits per heavy atom. The quantitative estimate of drug-likeness (QED) is 0.540. The van der Waals surface area contributed by atoms with Crippen molar-refractivity contribution in [3.8, 4) is 0 Å². The Bertz CT molecular complexity index is 33.9. The maximum atomic E-state index is 3.68. The van der Waals surface area contributed by atoms with Crippen molar-refractivity contribution in [3.05, 3.63) is 13.8 Å². The largest absolute Gasteiger partial charge is 4.00 e. The van der Waals surface area contributed by atoms with Crippen molar-refractivity contribution in [1.82, 2.24) is 0 Å². The van der Waals surface area contributed by atoms with Crippen molar-refractivity contribution < 1.29 is 32.7 Å². The maximum Gasteiger partial charge on any atom is 4.00 e. The first-order valence-corrected chi connectivity index (χ1v) is 4.41. The van der Waals surface area contributed by atoms with E-state index in [-0.39, 0.29) is 32.7 Å². The van der Waals surface area contributed by atoms with Crippen LogP contribution in [0.2, 0.25) is 0 Å². The second-order valence-corrected chi connectivity index (χ2v) is 2.41. The molecule has 0 aliphatic carbocycles. The topological polar surface area (TPSA) is 60.0 Å². The molecule has 0 saturated heterocycles. The monoisotopic (exact) mass is 224 g/mol. The van der Waals surface area contributed by atoms with Gasteiger partial charge in [0.15, 0.2) is 0 Å². The molecule has 0 rings (SSSR count). The Kier molecular flexibility index (Phi) is 87.3. The second kappa shape index (κ2) is 38.9. The van der Waals surface area contributed by atoms with Crippen LogP contribution >= 0.6 is 0 Å². The molecular weight excluding hydrogens is 200 g/mol. The zero-order valence-corrected chi connectivity index (χ0v) is 10.6. The molecule has 0 amide bonds. The molecule has 0 bridgehead atoms. The summed E-state index contributed by atoms with van der Waals surface area (Å²) in [6.45, 7) is 11.7. The van der Waals surface area contributed by atoms with E-state index >= 15 is 0 Å². The first-order valence-electron chi connectivity index (χ1n) is 4.41. The van der Waals surface area contributed by atoms with Crippen molar-refractivity contribution in [2.24, 2.45) is 0 Å². The van der Waals surface area contributed by atoms with Gasteiger partial charge < -0.3 is 24.8 Å². The van der Waals surface area contributed by atoms with Crippen LogP contribution in [0, 0.1) is 13.8 Å². The Labute approximate surface area is 99.0 Å². The molecule has 0 atom stereocenters. The fourth-order valence-corrected chi connectivity index (χ4v) is 0.500. The van der Waals surface area contributed by atoms with E-state index in [0.717, 1.165) is 12.8 Å². The molecule has 13 heavy (non-hydrogen) atoms. The van der Waals surface area contributed by atoms with E-state index in [1.807, 2.05) is 0 Å². The molecule has 3 heteroatoms. The molecule has 0 aromatic heterocycles. The van der Waals surface area contributed by atoms with Crippen LogP contribution in [-0.4, -0.2) is 11.0 Å². The molecule has 0 saturated carbocycles. The van der Waals surface area contributed by atoms with Crippen molar-refractivity contribution in [3.63, 3.8) is 0 Å². The molecule has 0 fully saturated rings. The maximum absolute atomic E-state index is 3.68.